The highest BCUT2D eigenvalue weighted by Crippen LogP contribution is 2.26. The number of piperidine rings is 1. The van der Waals surface area contributed by atoms with Crippen LogP contribution in [0.15, 0.2) is 29.6 Å². The van der Waals surface area contributed by atoms with Crippen LogP contribution in [0.5, 0.6) is 0 Å². The maximum Gasteiger partial charge on any atom is 0.309 e. The molecule has 7 nitrogen and oxygen atoms in total. The van der Waals surface area contributed by atoms with E-state index >= 15 is 0 Å². The highest BCUT2D eigenvalue weighted by molar-refractivity contribution is 8.00. The van der Waals surface area contributed by atoms with E-state index in [4.69, 9.17) is 4.74 Å². The van der Waals surface area contributed by atoms with Crippen LogP contribution in [0.2, 0.25) is 0 Å². The van der Waals surface area contributed by atoms with Gasteiger partial charge in [-0.05, 0) is 38.8 Å². The van der Waals surface area contributed by atoms with Gasteiger partial charge >= 0.3 is 5.97 Å². The maximum absolute atomic E-state index is 12.7. The van der Waals surface area contributed by atoms with Gasteiger partial charge in [-0.1, -0.05) is 17.8 Å². The lowest BCUT2D eigenvalue weighted by Gasteiger charge is -2.32. The van der Waals surface area contributed by atoms with Gasteiger partial charge in [-0.15, -0.1) is 10.2 Å². The first-order chi connectivity index (χ1) is 12.1. The standard InChI is InChI=1S/C17H22N4O3S/c1-3-24-16(23)13-7-10-20(11-8-13)15(22)12(2)25-17-19-18-14-6-4-5-9-21(14)17/h4-6,9,12-13H,3,7-8,10-11H2,1-2H3/t12-/m0/s1. The molecule has 0 N–H and O–H groups in total. The van der Waals surface area contributed by atoms with Crippen molar-refractivity contribution in [2.24, 2.45) is 5.92 Å². The second kappa shape index (κ2) is 7.86. The summed E-state index contributed by atoms with van der Waals surface area (Å²) in [5, 5.41) is 8.72. The fourth-order valence-electron chi connectivity index (χ4n) is 2.96. The summed E-state index contributed by atoms with van der Waals surface area (Å²) in [6.07, 6.45) is 3.21. The van der Waals surface area contributed by atoms with Gasteiger partial charge in [0.2, 0.25) is 5.91 Å². The van der Waals surface area contributed by atoms with Gasteiger partial charge in [-0.25, -0.2) is 0 Å². The lowest BCUT2D eigenvalue weighted by atomic mass is 9.97. The third kappa shape index (κ3) is 3.95. The lowest BCUT2D eigenvalue weighted by Crippen LogP contribution is -2.43. The summed E-state index contributed by atoms with van der Waals surface area (Å²) < 4.78 is 6.95. The van der Waals surface area contributed by atoms with Crippen LogP contribution in [0.4, 0.5) is 0 Å². The molecule has 1 aliphatic heterocycles. The predicted octanol–water partition coefficient (Wildman–Crippen LogP) is 2.01. The molecule has 3 heterocycles. The molecule has 8 heteroatoms. The van der Waals surface area contributed by atoms with Crippen molar-refractivity contribution in [3.8, 4) is 0 Å². The molecule has 0 aromatic carbocycles. The monoisotopic (exact) mass is 362 g/mol. The van der Waals surface area contributed by atoms with Crippen molar-refractivity contribution in [2.45, 2.75) is 37.1 Å². The van der Waals surface area contributed by atoms with Crippen LogP contribution in [-0.2, 0) is 14.3 Å². The molecule has 2 aromatic heterocycles. The molecule has 1 fully saturated rings. The Kier molecular flexibility index (Phi) is 5.57. The van der Waals surface area contributed by atoms with Crippen LogP contribution in [0.1, 0.15) is 26.7 Å². The van der Waals surface area contributed by atoms with E-state index in [0.29, 0.717) is 37.7 Å². The normalized spacial score (nSPS) is 16.8. The Morgan fingerprint density at radius 3 is 2.80 bits per heavy atom. The molecule has 0 unspecified atom stereocenters. The summed E-state index contributed by atoms with van der Waals surface area (Å²) >= 11 is 1.40. The number of nitrogens with zero attached hydrogens (tertiary/aromatic N) is 4. The quantitative estimate of drug-likeness (QED) is 0.598. The average Bonchev–Trinajstić information content (AvgIpc) is 3.04. The fourth-order valence-corrected chi connectivity index (χ4v) is 3.88. The summed E-state index contributed by atoms with van der Waals surface area (Å²) in [5.74, 6) is -0.167. The van der Waals surface area contributed by atoms with Gasteiger partial charge in [-0.3, -0.25) is 14.0 Å². The molecule has 0 spiro atoms. The van der Waals surface area contributed by atoms with Crippen molar-refractivity contribution in [3.05, 3.63) is 24.4 Å². The minimum Gasteiger partial charge on any atom is -0.466 e. The van der Waals surface area contributed by atoms with Crippen molar-refractivity contribution < 1.29 is 14.3 Å². The zero-order valence-electron chi connectivity index (χ0n) is 14.4. The predicted molar refractivity (Wildman–Crippen MR) is 94.2 cm³/mol. The number of thioether (sulfide) groups is 1. The minimum atomic E-state index is -0.258. The van der Waals surface area contributed by atoms with Gasteiger partial charge in [0.25, 0.3) is 0 Å². The Labute approximate surface area is 150 Å². The number of aromatic nitrogens is 3. The van der Waals surface area contributed by atoms with Crippen LogP contribution >= 0.6 is 11.8 Å². The van der Waals surface area contributed by atoms with Gasteiger partial charge in [0.15, 0.2) is 10.8 Å². The summed E-state index contributed by atoms with van der Waals surface area (Å²) in [5.41, 5.74) is 0.764. The van der Waals surface area contributed by atoms with Crippen LogP contribution < -0.4 is 0 Å². The molecule has 25 heavy (non-hydrogen) atoms. The largest absolute Gasteiger partial charge is 0.466 e. The number of carbonyl (C=O) groups excluding carboxylic acids is 2. The van der Waals surface area contributed by atoms with Crippen molar-refractivity contribution in [2.75, 3.05) is 19.7 Å². The number of fused-ring (bicyclic) bond motifs is 1. The van der Waals surface area contributed by atoms with Crippen molar-refractivity contribution in [1.29, 1.82) is 0 Å². The molecule has 1 amide bonds. The number of hydrogen-bond donors (Lipinski definition) is 0. The van der Waals surface area contributed by atoms with Crippen LogP contribution in [0, 0.1) is 5.92 Å². The van der Waals surface area contributed by atoms with Gasteiger partial charge in [0, 0.05) is 19.3 Å². The SMILES string of the molecule is CCOC(=O)C1CCN(C(=O)[C@H](C)Sc2nnc3ccccn23)CC1. The van der Waals surface area contributed by atoms with E-state index in [1.165, 1.54) is 11.8 Å². The van der Waals surface area contributed by atoms with E-state index in [9.17, 15) is 9.59 Å². The highest BCUT2D eigenvalue weighted by atomic mass is 32.2. The topological polar surface area (TPSA) is 76.8 Å². The van der Waals surface area contributed by atoms with Crippen molar-refractivity contribution >= 4 is 29.3 Å². The van der Waals surface area contributed by atoms with E-state index < -0.39 is 0 Å². The number of hydrogen-bond acceptors (Lipinski definition) is 6. The zero-order chi connectivity index (χ0) is 17.8. The summed E-state index contributed by atoms with van der Waals surface area (Å²) in [7, 11) is 0. The first-order valence-corrected chi connectivity index (χ1v) is 9.40. The van der Waals surface area contributed by atoms with Gasteiger partial charge in [0.05, 0.1) is 17.8 Å². The van der Waals surface area contributed by atoms with E-state index in [-0.39, 0.29) is 23.0 Å². The Balaban J connectivity index is 1.57. The molecule has 134 valence electrons. The average molecular weight is 362 g/mol. The Morgan fingerprint density at radius 2 is 2.08 bits per heavy atom. The summed E-state index contributed by atoms with van der Waals surface area (Å²) in [4.78, 5) is 26.3. The smallest absolute Gasteiger partial charge is 0.309 e. The van der Waals surface area contributed by atoms with Crippen molar-refractivity contribution in [1.82, 2.24) is 19.5 Å². The summed E-state index contributed by atoms with van der Waals surface area (Å²) in [6.45, 7) is 5.28. The first kappa shape index (κ1) is 17.7. The lowest BCUT2D eigenvalue weighted by molar-refractivity contribution is -0.151. The highest BCUT2D eigenvalue weighted by Gasteiger charge is 2.30. The minimum absolute atomic E-state index is 0.0694. The number of rotatable bonds is 5. The maximum atomic E-state index is 12.7. The molecular formula is C17H22N4O3S. The second-order valence-corrected chi connectivity index (χ2v) is 7.33. The Hall–Kier alpha value is -2.09. The zero-order valence-corrected chi connectivity index (χ0v) is 15.2. The van der Waals surface area contributed by atoms with Crippen LogP contribution in [0.3, 0.4) is 0 Å². The van der Waals surface area contributed by atoms with Gasteiger partial charge in [-0.2, -0.15) is 0 Å². The molecule has 0 aliphatic carbocycles. The summed E-state index contributed by atoms with van der Waals surface area (Å²) in [6, 6.07) is 5.69. The number of likely N-dealkylation sites (tertiary alicyclic amines) is 1. The molecule has 3 rings (SSSR count). The molecule has 1 saturated heterocycles. The Morgan fingerprint density at radius 1 is 1.32 bits per heavy atom. The molecule has 0 bridgehead atoms. The second-order valence-electron chi connectivity index (χ2n) is 6.02. The number of carbonyl (C=O) groups is 2. The molecule has 2 aromatic rings. The van der Waals surface area contributed by atoms with Crippen LogP contribution in [0.25, 0.3) is 5.65 Å². The van der Waals surface area contributed by atoms with E-state index in [2.05, 4.69) is 10.2 Å². The molecule has 0 radical (unpaired) electrons. The van der Waals surface area contributed by atoms with Gasteiger partial charge < -0.3 is 9.64 Å². The third-order valence-corrected chi connectivity index (χ3v) is 5.38. The molecular weight excluding hydrogens is 340 g/mol. The van der Waals surface area contributed by atoms with E-state index in [1.54, 1.807) is 0 Å². The molecule has 0 saturated carbocycles. The first-order valence-electron chi connectivity index (χ1n) is 8.52. The van der Waals surface area contributed by atoms with Crippen molar-refractivity contribution in [3.63, 3.8) is 0 Å². The number of pyridine rings is 1. The van der Waals surface area contributed by atoms with E-state index in [1.807, 2.05) is 47.5 Å². The van der Waals surface area contributed by atoms with E-state index in [0.717, 1.165) is 5.65 Å². The molecule has 1 atom stereocenters. The third-order valence-electron chi connectivity index (χ3n) is 4.34. The van der Waals surface area contributed by atoms with Crippen LogP contribution in [-0.4, -0.2) is 56.3 Å². The number of amides is 1. The fraction of sp³-hybridized carbons (Fsp3) is 0.529. The number of ether oxygens (including phenoxy) is 1. The Bertz CT molecular complexity index is 755. The number of esters is 1. The molecule has 1 aliphatic rings. The van der Waals surface area contributed by atoms with Gasteiger partial charge in [0.1, 0.15) is 0 Å².